The molecule has 0 radical (unpaired) electrons. The van der Waals surface area contributed by atoms with E-state index in [1.54, 1.807) is 0 Å². The number of nitro groups is 1. The van der Waals surface area contributed by atoms with Crippen molar-refractivity contribution in [3.8, 4) is 11.5 Å². The van der Waals surface area contributed by atoms with Crippen molar-refractivity contribution in [2.24, 2.45) is 0 Å². The Morgan fingerprint density at radius 3 is 2.36 bits per heavy atom. The highest BCUT2D eigenvalue weighted by Gasteiger charge is 2.31. The molecule has 0 saturated carbocycles. The third-order valence-corrected chi connectivity index (χ3v) is 4.36. The van der Waals surface area contributed by atoms with Gasteiger partial charge in [-0.25, -0.2) is 0 Å². The molecule has 1 N–H and O–H groups in total. The van der Waals surface area contributed by atoms with E-state index in [0.717, 1.165) is 24.3 Å². The smallest absolute Gasteiger partial charge is 0.416 e. The van der Waals surface area contributed by atoms with E-state index in [-0.39, 0.29) is 22.1 Å². The number of hydrogen-bond acceptors (Lipinski definition) is 4. The van der Waals surface area contributed by atoms with Crippen LogP contribution in [0.25, 0.3) is 0 Å². The van der Waals surface area contributed by atoms with E-state index in [1.807, 2.05) is 0 Å². The van der Waals surface area contributed by atoms with Gasteiger partial charge in [0.05, 0.1) is 15.5 Å². The summed E-state index contributed by atoms with van der Waals surface area (Å²) >= 11 is 5.78. The van der Waals surface area contributed by atoms with E-state index in [4.69, 9.17) is 16.3 Å². The minimum absolute atomic E-state index is 0.0327. The van der Waals surface area contributed by atoms with Crippen LogP contribution in [-0.4, -0.2) is 9.82 Å². The lowest BCUT2D eigenvalue weighted by Gasteiger charge is -2.13. The molecule has 0 aliphatic rings. The first kappa shape index (κ1) is 19.2. The molecule has 0 aromatic heterocycles. The van der Waals surface area contributed by atoms with Crippen LogP contribution in [0.2, 0.25) is 5.02 Å². The average molecular weight is 396 g/mol. The Hall–Kier alpha value is -2.09. The average Bonchev–Trinajstić information content (AvgIpc) is 2.49. The lowest BCUT2D eigenvalue weighted by atomic mass is 10.2. The van der Waals surface area contributed by atoms with Crippen LogP contribution in [0.1, 0.15) is 11.1 Å². The lowest BCUT2D eigenvalue weighted by Crippen LogP contribution is -2.07. The highest BCUT2D eigenvalue weighted by Crippen LogP contribution is 2.38. The van der Waals surface area contributed by atoms with Crippen molar-refractivity contribution >= 4 is 30.6 Å². The third kappa shape index (κ3) is 4.31. The van der Waals surface area contributed by atoms with Gasteiger partial charge in [0.15, 0.2) is 0 Å². The second-order valence-electron chi connectivity index (χ2n) is 4.94. The first-order valence-corrected chi connectivity index (χ1v) is 8.31. The predicted octanol–water partition coefficient (Wildman–Crippen LogP) is 4.46. The van der Waals surface area contributed by atoms with Gasteiger partial charge in [-0.3, -0.25) is 14.7 Å². The molecule has 1 unspecified atom stereocenters. The van der Waals surface area contributed by atoms with E-state index in [9.17, 15) is 32.7 Å². The molecule has 6 nitrogen and oxygen atoms in total. The van der Waals surface area contributed by atoms with Crippen molar-refractivity contribution in [2.45, 2.75) is 13.1 Å². The monoisotopic (exact) mass is 395 g/mol. The van der Waals surface area contributed by atoms with Gasteiger partial charge in [-0.05, 0) is 30.7 Å². The first-order valence-electron chi connectivity index (χ1n) is 6.57. The van der Waals surface area contributed by atoms with Gasteiger partial charge in [-0.1, -0.05) is 11.6 Å². The first-order chi connectivity index (χ1) is 11.5. The minimum Gasteiger partial charge on any atom is -0.455 e. The SMILES string of the molecule is Cc1cc([N+](=O)[O-])c([PH](=O)O)cc1Oc1ccc(C(F)(F)F)cc1Cl. The number of ether oxygens (including phenoxy) is 1. The Morgan fingerprint density at radius 2 is 1.88 bits per heavy atom. The third-order valence-electron chi connectivity index (χ3n) is 3.20. The van der Waals surface area contributed by atoms with Crippen LogP contribution in [-0.2, 0) is 10.7 Å². The molecular formula is C14H10ClF3NO5P. The quantitative estimate of drug-likeness (QED) is 0.469. The fourth-order valence-electron chi connectivity index (χ4n) is 1.98. The van der Waals surface area contributed by atoms with E-state index in [0.29, 0.717) is 6.07 Å². The molecule has 2 aromatic carbocycles. The summed E-state index contributed by atoms with van der Waals surface area (Å²) in [5.74, 6) is -0.162. The van der Waals surface area contributed by atoms with Crippen LogP contribution in [0.3, 0.4) is 0 Å². The Balaban J connectivity index is 2.46. The second-order valence-corrected chi connectivity index (χ2v) is 6.50. The number of aryl methyl sites for hydroxylation is 1. The molecule has 11 heteroatoms. The molecule has 0 heterocycles. The van der Waals surface area contributed by atoms with Crippen molar-refractivity contribution in [1.82, 2.24) is 0 Å². The molecule has 0 saturated heterocycles. The summed E-state index contributed by atoms with van der Waals surface area (Å²) in [5.41, 5.74) is -1.27. The molecule has 0 aliphatic heterocycles. The number of nitro benzene ring substituents is 1. The summed E-state index contributed by atoms with van der Waals surface area (Å²) < 4.78 is 54.6. The van der Waals surface area contributed by atoms with Crippen LogP contribution < -0.4 is 10.0 Å². The molecule has 2 aromatic rings. The molecule has 2 rings (SSSR count). The van der Waals surface area contributed by atoms with Gasteiger partial charge < -0.3 is 9.63 Å². The Kier molecular flexibility index (Phi) is 5.41. The zero-order chi connectivity index (χ0) is 18.9. The van der Waals surface area contributed by atoms with Gasteiger partial charge in [0.1, 0.15) is 16.8 Å². The molecular weight excluding hydrogens is 386 g/mol. The molecule has 25 heavy (non-hydrogen) atoms. The summed E-state index contributed by atoms with van der Waals surface area (Å²) in [5, 5.41) is 10.2. The van der Waals surface area contributed by atoms with E-state index in [2.05, 4.69) is 0 Å². The van der Waals surface area contributed by atoms with Crippen LogP contribution in [0.4, 0.5) is 18.9 Å². The standard InChI is InChI=1S/C14H10ClF3NO5P/c1-7-4-10(19(20)21)13(25(22)23)6-12(7)24-11-3-2-8(5-9(11)15)14(16,17)18/h2-6,25H,1H3,(H,22,23). The molecule has 0 fully saturated rings. The number of nitrogens with zero attached hydrogens (tertiary/aromatic N) is 1. The summed E-state index contributed by atoms with van der Waals surface area (Å²) in [6, 6.07) is 4.48. The van der Waals surface area contributed by atoms with Crippen molar-refractivity contribution in [3.63, 3.8) is 0 Å². The van der Waals surface area contributed by atoms with Crippen molar-refractivity contribution in [1.29, 1.82) is 0 Å². The molecule has 0 aliphatic carbocycles. The summed E-state index contributed by atoms with van der Waals surface area (Å²) in [7, 11) is -3.41. The predicted molar refractivity (Wildman–Crippen MR) is 85.2 cm³/mol. The van der Waals surface area contributed by atoms with Gasteiger partial charge in [0.2, 0.25) is 8.03 Å². The van der Waals surface area contributed by atoms with Gasteiger partial charge in [0.25, 0.3) is 5.69 Å². The van der Waals surface area contributed by atoms with Gasteiger partial charge in [-0.2, -0.15) is 13.2 Å². The van der Waals surface area contributed by atoms with Crippen molar-refractivity contribution < 1.29 is 32.3 Å². The fraction of sp³-hybridized carbons (Fsp3) is 0.143. The fourth-order valence-corrected chi connectivity index (χ4v) is 2.84. The van der Waals surface area contributed by atoms with Gasteiger partial charge >= 0.3 is 6.18 Å². The number of alkyl halides is 3. The number of rotatable bonds is 4. The van der Waals surface area contributed by atoms with Crippen LogP contribution in [0, 0.1) is 17.0 Å². The summed E-state index contributed by atoms with van der Waals surface area (Å²) in [6.45, 7) is 1.44. The molecule has 134 valence electrons. The summed E-state index contributed by atoms with van der Waals surface area (Å²) in [4.78, 5) is 19.4. The van der Waals surface area contributed by atoms with Crippen LogP contribution >= 0.6 is 19.6 Å². The molecule has 0 bridgehead atoms. The van der Waals surface area contributed by atoms with Gasteiger partial charge in [0, 0.05) is 12.1 Å². The molecule has 0 spiro atoms. The van der Waals surface area contributed by atoms with Gasteiger partial charge in [-0.15, -0.1) is 0 Å². The Morgan fingerprint density at radius 1 is 1.24 bits per heavy atom. The zero-order valence-corrected chi connectivity index (χ0v) is 14.2. The second kappa shape index (κ2) is 7.03. The molecule has 1 atom stereocenters. The van der Waals surface area contributed by atoms with Crippen LogP contribution in [0.5, 0.6) is 11.5 Å². The van der Waals surface area contributed by atoms with Crippen LogP contribution in [0.15, 0.2) is 30.3 Å². The summed E-state index contributed by atoms with van der Waals surface area (Å²) in [6.07, 6.45) is -4.57. The van der Waals surface area contributed by atoms with Crippen molar-refractivity contribution in [2.75, 3.05) is 0 Å². The highest BCUT2D eigenvalue weighted by molar-refractivity contribution is 7.47. The maximum Gasteiger partial charge on any atom is 0.416 e. The Bertz CT molecular complexity index is 872. The largest absolute Gasteiger partial charge is 0.455 e. The lowest BCUT2D eigenvalue weighted by molar-refractivity contribution is -0.383. The maximum absolute atomic E-state index is 12.6. The topological polar surface area (TPSA) is 89.7 Å². The number of benzene rings is 2. The van der Waals surface area contributed by atoms with Crippen molar-refractivity contribution in [3.05, 3.63) is 56.6 Å². The van der Waals surface area contributed by atoms with E-state index in [1.165, 1.54) is 6.92 Å². The zero-order valence-electron chi connectivity index (χ0n) is 12.4. The highest BCUT2D eigenvalue weighted by atomic mass is 35.5. The van der Waals surface area contributed by atoms with E-state index >= 15 is 0 Å². The molecule has 0 amide bonds. The van der Waals surface area contributed by atoms with E-state index < -0.39 is 35.7 Å². The normalized spacial score (nSPS) is 12.7. The Labute approximate surface area is 144 Å². The number of halogens is 4. The number of hydrogen-bond donors (Lipinski definition) is 1. The minimum atomic E-state index is -4.57. The maximum atomic E-state index is 12.6.